The Balaban J connectivity index is 1.80. The minimum Gasteiger partial charge on any atom is -0.337 e. The normalized spacial score (nSPS) is 12.1. The molecule has 0 heterocycles. The van der Waals surface area contributed by atoms with Crippen LogP contribution in [-0.4, -0.2) is 0 Å². The largest absolute Gasteiger partial charge is 0.337 e. The number of rotatable bonds is 6. The van der Waals surface area contributed by atoms with Crippen LogP contribution in [-0.2, 0) is 4.52 Å². The number of hydrogen-bond acceptors (Lipinski definition) is 1. The lowest BCUT2D eigenvalue weighted by Gasteiger charge is -2.27. The molecule has 0 bridgehead atoms. The third-order valence-electron chi connectivity index (χ3n) is 4.77. The molecule has 1 nitrogen and oxygen atoms in total. The summed E-state index contributed by atoms with van der Waals surface area (Å²) in [4.78, 5) is 0. The number of benzene rings is 4. The van der Waals surface area contributed by atoms with E-state index >= 15 is 0 Å². The van der Waals surface area contributed by atoms with Crippen molar-refractivity contribution in [2.24, 2.45) is 0 Å². The van der Waals surface area contributed by atoms with E-state index in [9.17, 15) is 0 Å². The maximum atomic E-state index is 6.94. The van der Waals surface area contributed by atoms with Crippen molar-refractivity contribution in [1.82, 2.24) is 0 Å². The molecular formula is C26H23OP. The van der Waals surface area contributed by atoms with Crippen molar-refractivity contribution in [1.29, 1.82) is 0 Å². The third kappa shape index (κ3) is 4.22. The Morgan fingerprint density at radius 3 is 1.57 bits per heavy atom. The molecule has 0 saturated heterocycles. The molecule has 0 aliphatic heterocycles. The Morgan fingerprint density at radius 1 is 0.571 bits per heavy atom. The Kier molecular flexibility index (Phi) is 5.97. The molecule has 0 N–H and O–H groups in total. The summed E-state index contributed by atoms with van der Waals surface area (Å²) in [6.45, 7) is 2.15. The first-order valence-electron chi connectivity index (χ1n) is 9.50. The molecule has 0 spiro atoms. The Morgan fingerprint density at radius 2 is 1.04 bits per heavy atom. The van der Waals surface area contributed by atoms with Crippen molar-refractivity contribution >= 4 is 18.8 Å². The van der Waals surface area contributed by atoms with Gasteiger partial charge in [-0.15, -0.1) is 0 Å². The van der Waals surface area contributed by atoms with E-state index in [-0.39, 0.29) is 6.10 Å². The third-order valence-corrected chi connectivity index (χ3v) is 6.72. The van der Waals surface area contributed by atoms with E-state index in [1.165, 1.54) is 27.3 Å². The van der Waals surface area contributed by atoms with Gasteiger partial charge in [-0.2, -0.15) is 0 Å². The van der Waals surface area contributed by atoms with Crippen molar-refractivity contribution in [3.8, 4) is 0 Å². The zero-order valence-electron chi connectivity index (χ0n) is 15.9. The first-order chi connectivity index (χ1) is 13.8. The fourth-order valence-electron chi connectivity index (χ4n) is 3.31. The second kappa shape index (κ2) is 8.97. The van der Waals surface area contributed by atoms with Crippen LogP contribution >= 0.6 is 8.15 Å². The fraction of sp³-hybridized carbons (Fsp3) is 0.0769. The van der Waals surface area contributed by atoms with Crippen LogP contribution in [0.25, 0.3) is 0 Å². The highest BCUT2D eigenvalue weighted by atomic mass is 31.1. The molecule has 0 aliphatic rings. The monoisotopic (exact) mass is 382 g/mol. The van der Waals surface area contributed by atoms with E-state index in [0.717, 1.165) is 0 Å². The van der Waals surface area contributed by atoms with E-state index in [1.807, 2.05) is 0 Å². The van der Waals surface area contributed by atoms with Gasteiger partial charge in [0.15, 0.2) is 0 Å². The maximum Gasteiger partial charge on any atom is 0.113 e. The topological polar surface area (TPSA) is 9.23 Å². The Bertz CT molecular complexity index is 961. The summed E-state index contributed by atoms with van der Waals surface area (Å²) in [5, 5.41) is 2.44. The minimum atomic E-state index is -0.950. The zero-order valence-corrected chi connectivity index (χ0v) is 16.8. The lowest BCUT2D eigenvalue weighted by atomic mass is 9.98. The quantitative estimate of drug-likeness (QED) is 0.364. The van der Waals surface area contributed by atoms with Crippen molar-refractivity contribution in [2.45, 2.75) is 13.0 Å². The van der Waals surface area contributed by atoms with Crippen LogP contribution in [0.1, 0.15) is 22.8 Å². The molecule has 0 radical (unpaired) electrons. The van der Waals surface area contributed by atoms with E-state index in [1.54, 1.807) is 0 Å². The van der Waals surface area contributed by atoms with E-state index in [2.05, 4.69) is 122 Å². The van der Waals surface area contributed by atoms with Crippen LogP contribution in [0.15, 0.2) is 115 Å². The van der Waals surface area contributed by atoms with Gasteiger partial charge < -0.3 is 4.52 Å². The van der Waals surface area contributed by atoms with Gasteiger partial charge in [0.25, 0.3) is 0 Å². The van der Waals surface area contributed by atoms with Gasteiger partial charge in [0.1, 0.15) is 6.10 Å². The summed E-state index contributed by atoms with van der Waals surface area (Å²) in [6.07, 6.45) is -0.117. The van der Waals surface area contributed by atoms with Crippen LogP contribution in [0.5, 0.6) is 0 Å². The number of aryl methyl sites for hydroxylation is 1. The van der Waals surface area contributed by atoms with Crippen molar-refractivity contribution in [2.75, 3.05) is 0 Å². The highest BCUT2D eigenvalue weighted by molar-refractivity contribution is 7.68. The maximum absolute atomic E-state index is 6.94. The van der Waals surface area contributed by atoms with Crippen LogP contribution in [0.4, 0.5) is 0 Å². The molecule has 0 fully saturated rings. The van der Waals surface area contributed by atoms with Crippen molar-refractivity contribution in [3.05, 3.63) is 132 Å². The molecule has 4 aromatic carbocycles. The zero-order chi connectivity index (χ0) is 19.2. The van der Waals surface area contributed by atoms with Crippen LogP contribution in [0.2, 0.25) is 0 Å². The van der Waals surface area contributed by atoms with E-state index < -0.39 is 8.15 Å². The second-order valence-electron chi connectivity index (χ2n) is 6.72. The molecule has 0 saturated carbocycles. The predicted octanol–water partition coefficient (Wildman–Crippen LogP) is 6.15. The van der Waals surface area contributed by atoms with Gasteiger partial charge in [-0.25, -0.2) is 0 Å². The molecule has 0 amide bonds. The molecule has 2 heteroatoms. The molecule has 1 atom stereocenters. The van der Waals surface area contributed by atoms with Crippen molar-refractivity contribution in [3.63, 3.8) is 0 Å². The second-order valence-corrected chi connectivity index (χ2v) is 8.55. The van der Waals surface area contributed by atoms with E-state index in [4.69, 9.17) is 4.52 Å². The van der Waals surface area contributed by atoms with Gasteiger partial charge >= 0.3 is 0 Å². The van der Waals surface area contributed by atoms with Gasteiger partial charge in [0.2, 0.25) is 0 Å². The first-order valence-corrected chi connectivity index (χ1v) is 10.8. The summed E-state index contributed by atoms with van der Waals surface area (Å²) >= 11 is 0. The van der Waals surface area contributed by atoms with Gasteiger partial charge in [-0.05, 0) is 23.6 Å². The lowest BCUT2D eigenvalue weighted by Crippen LogP contribution is -2.17. The standard InChI is InChI=1S/C26H23OP/c1-21-13-11-12-20-25(21)26(22-14-5-2-6-15-22)27-28(23-16-7-3-8-17-23)24-18-9-4-10-19-24/h2-20,26H,1H3/t26-/m0/s1. The molecule has 28 heavy (non-hydrogen) atoms. The molecule has 0 aliphatic carbocycles. The molecule has 4 aromatic rings. The SMILES string of the molecule is Cc1ccccc1[C@@H](OP(c1ccccc1)c1ccccc1)c1ccccc1. The lowest BCUT2D eigenvalue weighted by molar-refractivity contribution is 0.283. The van der Waals surface area contributed by atoms with Gasteiger partial charge in [-0.3, -0.25) is 0 Å². The Labute approximate surface area is 168 Å². The first kappa shape index (κ1) is 18.6. The highest BCUT2D eigenvalue weighted by Gasteiger charge is 2.24. The average molecular weight is 382 g/mol. The van der Waals surface area contributed by atoms with Crippen molar-refractivity contribution < 1.29 is 4.52 Å². The molecule has 4 rings (SSSR count). The summed E-state index contributed by atoms with van der Waals surface area (Å²) in [6, 6.07) is 40.1. The summed E-state index contributed by atoms with van der Waals surface area (Å²) in [5.74, 6) is 0. The minimum absolute atomic E-state index is 0.117. The summed E-state index contributed by atoms with van der Waals surface area (Å²) < 4.78 is 6.94. The van der Waals surface area contributed by atoms with Crippen LogP contribution < -0.4 is 10.6 Å². The number of hydrogen-bond donors (Lipinski definition) is 0. The summed E-state index contributed by atoms with van der Waals surface area (Å²) in [7, 11) is -0.950. The smallest absolute Gasteiger partial charge is 0.113 e. The highest BCUT2D eigenvalue weighted by Crippen LogP contribution is 2.44. The van der Waals surface area contributed by atoms with Gasteiger partial charge in [0.05, 0.1) is 8.15 Å². The Hall–Kier alpha value is -2.73. The molecule has 138 valence electrons. The molecular weight excluding hydrogens is 359 g/mol. The molecule has 0 aromatic heterocycles. The summed E-state index contributed by atoms with van der Waals surface area (Å²) in [5.41, 5.74) is 3.64. The van der Waals surface area contributed by atoms with Crippen LogP contribution in [0.3, 0.4) is 0 Å². The van der Waals surface area contributed by atoms with Crippen LogP contribution in [0, 0.1) is 6.92 Å². The predicted molar refractivity (Wildman–Crippen MR) is 120 cm³/mol. The fourth-order valence-corrected chi connectivity index (χ4v) is 5.18. The average Bonchev–Trinajstić information content (AvgIpc) is 2.77. The van der Waals surface area contributed by atoms with Gasteiger partial charge in [0, 0.05) is 10.6 Å². The molecule has 0 unspecified atom stereocenters. The van der Waals surface area contributed by atoms with E-state index in [0.29, 0.717) is 0 Å². The van der Waals surface area contributed by atoms with Gasteiger partial charge in [-0.1, -0.05) is 115 Å².